The molecule has 0 spiro atoms. The summed E-state index contributed by atoms with van der Waals surface area (Å²) in [4.78, 5) is 19.1. The SMILES string of the molecule is O=c1[nH]c(SCc2ccc(S(=O)(=O)C(F)F)cc2)nc2c1cnn2-c1ccccc1. The van der Waals surface area contributed by atoms with E-state index < -0.39 is 20.5 Å². The average Bonchev–Trinajstić information content (AvgIpc) is 3.18. The lowest BCUT2D eigenvalue weighted by molar-refractivity contribution is 0.234. The quantitative estimate of drug-likeness (QED) is 0.359. The number of aromatic nitrogens is 4. The lowest BCUT2D eigenvalue weighted by Crippen LogP contribution is -2.11. The standard InChI is InChI=1S/C19H14F2N4O3S2/c20-18(21)30(27,28)14-8-6-12(7-9-14)11-29-19-23-16-15(17(26)24-19)10-22-25(16)13-4-2-1-3-5-13/h1-10,18H,11H2,(H,23,24,26). The van der Waals surface area contributed by atoms with Crippen LogP contribution in [-0.2, 0) is 15.6 Å². The highest BCUT2D eigenvalue weighted by Gasteiger charge is 2.26. The molecule has 0 bridgehead atoms. The Bertz CT molecular complexity index is 1350. The minimum Gasteiger partial charge on any atom is -0.301 e. The number of H-pyrrole nitrogens is 1. The average molecular weight is 448 g/mol. The van der Waals surface area contributed by atoms with E-state index in [1.54, 1.807) is 4.68 Å². The highest BCUT2D eigenvalue weighted by Crippen LogP contribution is 2.23. The molecule has 0 saturated heterocycles. The van der Waals surface area contributed by atoms with Gasteiger partial charge in [0.1, 0.15) is 5.39 Å². The van der Waals surface area contributed by atoms with E-state index in [2.05, 4.69) is 15.1 Å². The van der Waals surface area contributed by atoms with Crippen LogP contribution in [0.1, 0.15) is 5.56 Å². The van der Waals surface area contributed by atoms with Crippen molar-refractivity contribution in [3.8, 4) is 5.69 Å². The Morgan fingerprint density at radius 3 is 2.43 bits per heavy atom. The molecule has 2 aromatic carbocycles. The third kappa shape index (κ3) is 3.85. The number of para-hydroxylation sites is 1. The summed E-state index contributed by atoms with van der Waals surface area (Å²) >= 11 is 1.22. The smallest absolute Gasteiger partial charge is 0.301 e. The number of halogens is 2. The number of hydrogen-bond acceptors (Lipinski definition) is 6. The molecule has 0 amide bonds. The van der Waals surface area contributed by atoms with Gasteiger partial charge < -0.3 is 4.98 Å². The largest absolute Gasteiger partial charge is 0.341 e. The number of nitrogens with one attached hydrogen (secondary N) is 1. The van der Waals surface area contributed by atoms with Crippen molar-refractivity contribution in [2.24, 2.45) is 0 Å². The summed E-state index contributed by atoms with van der Waals surface area (Å²) < 4.78 is 49.8. The van der Waals surface area contributed by atoms with Crippen molar-refractivity contribution in [2.75, 3.05) is 0 Å². The molecule has 0 fully saturated rings. The van der Waals surface area contributed by atoms with Crippen molar-refractivity contribution in [2.45, 2.75) is 21.6 Å². The molecule has 0 aliphatic carbocycles. The Balaban J connectivity index is 1.58. The number of hydrogen-bond donors (Lipinski definition) is 1. The second-order valence-corrected chi connectivity index (χ2v) is 9.12. The Kier molecular flexibility index (Phi) is 5.39. The van der Waals surface area contributed by atoms with Crippen LogP contribution < -0.4 is 5.56 Å². The van der Waals surface area contributed by atoms with Crippen molar-refractivity contribution >= 4 is 32.6 Å². The molecule has 4 aromatic rings. The van der Waals surface area contributed by atoms with Crippen molar-refractivity contribution in [1.29, 1.82) is 0 Å². The summed E-state index contributed by atoms with van der Waals surface area (Å²) in [6, 6.07) is 14.4. The van der Waals surface area contributed by atoms with Crippen LogP contribution in [0.5, 0.6) is 0 Å². The lowest BCUT2D eigenvalue weighted by Gasteiger charge is -2.06. The van der Waals surface area contributed by atoms with E-state index in [1.165, 1.54) is 30.1 Å². The van der Waals surface area contributed by atoms with E-state index in [4.69, 9.17) is 0 Å². The van der Waals surface area contributed by atoms with Crippen LogP contribution >= 0.6 is 11.8 Å². The van der Waals surface area contributed by atoms with Crippen molar-refractivity contribution < 1.29 is 17.2 Å². The minimum atomic E-state index is -4.63. The topological polar surface area (TPSA) is 97.7 Å². The first-order chi connectivity index (χ1) is 14.4. The first-order valence-electron chi connectivity index (χ1n) is 8.63. The van der Waals surface area contributed by atoms with Crippen LogP contribution in [-0.4, -0.2) is 33.9 Å². The molecule has 11 heteroatoms. The number of thioether (sulfide) groups is 1. The maximum atomic E-state index is 12.6. The van der Waals surface area contributed by atoms with Crippen LogP contribution in [0.2, 0.25) is 0 Å². The number of sulfone groups is 1. The normalized spacial score (nSPS) is 12.0. The zero-order valence-corrected chi connectivity index (χ0v) is 16.8. The Labute approximate surface area is 173 Å². The zero-order chi connectivity index (χ0) is 21.3. The summed E-state index contributed by atoms with van der Waals surface area (Å²) in [7, 11) is -4.63. The van der Waals surface area contributed by atoms with Gasteiger partial charge in [-0.25, -0.2) is 18.1 Å². The molecule has 154 valence electrons. The molecule has 0 aliphatic rings. The van der Waals surface area contributed by atoms with E-state index in [0.717, 1.165) is 17.8 Å². The minimum absolute atomic E-state index is 0.331. The summed E-state index contributed by atoms with van der Waals surface area (Å²) in [6.07, 6.45) is 1.45. The van der Waals surface area contributed by atoms with Gasteiger partial charge >= 0.3 is 5.76 Å². The monoisotopic (exact) mass is 448 g/mol. The molecule has 7 nitrogen and oxygen atoms in total. The molecule has 0 atom stereocenters. The zero-order valence-electron chi connectivity index (χ0n) is 15.2. The third-order valence-electron chi connectivity index (χ3n) is 4.28. The van der Waals surface area contributed by atoms with E-state index in [1.807, 2.05) is 30.3 Å². The molecular weight excluding hydrogens is 434 g/mol. The fourth-order valence-electron chi connectivity index (χ4n) is 2.75. The van der Waals surface area contributed by atoms with Gasteiger partial charge in [0.15, 0.2) is 10.8 Å². The first kappa shape index (κ1) is 20.2. The summed E-state index contributed by atoms with van der Waals surface area (Å²) in [5.74, 6) is -3.11. The maximum absolute atomic E-state index is 12.6. The van der Waals surface area contributed by atoms with Crippen molar-refractivity contribution in [3.63, 3.8) is 0 Å². The van der Waals surface area contributed by atoms with Crippen LogP contribution in [0, 0.1) is 0 Å². The van der Waals surface area contributed by atoms with Gasteiger partial charge in [0.05, 0.1) is 16.8 Å². The summed E-state index contributed by atoms with van der Waals surface area (Å²) in [5, 5.41) is 4.95. The Morgan fingerprint density at radius 2 is 1.77 bits per heavy atom. The molecule has 1 N–H and O–H groups in total. The molecule has 4 rings (SSSR count). The fourth-order valence-corrected chi connectivity index (χ4v) is 4.29. The number of benzene rings is 2. The highest BCUT2D eigenvalue weighted by molar-refractivity contribution is 7.98. The summed E-state index contributed by atoms with van der Waals surface area (Å²) in [6.45, 7) is 0. The maximum Gasteiger partial charge on any atom is 0.341 e. The number of alkyl halides is 2. The number of aromatic amines is 1. The van der Waals surface area contributed by atoms with Gasteiger partial charge in [-0.3, -0.25) is 4.79 Å². The molecular formula is C19H14F2N4O3S2. The van der Waals surface area contributed by atoms with Gasteiger partial charge in [0, 0.05) is 5.75 Å². The van der Waals surface area contributed by atoms with Crippen LogP contribution in [0.25, 0.3) is 16.7 Å². The summed E-state index contributed by atoms with van der Waals surface area (Å²) in [5.41, 5.74) is 1.53. The van der Waals surface area contributed by atoms with Gasteiger partial charge in [-0.15, -0.1) is 0 Å². The fraction of sp³-hybridized carbons (Fsp3) is 0.105. The second kappa shape index (κ2) is 8.00. The molecule has 0 radical (unpaired) electrons. The number of fused-ring (bicyclic) bond motifs is 1. The second-order valence-electron chi connectivity index (χ2n) is 6.24. The van der Waals surface area contributed by atoms with E-state index in [0.29, 0.717) is 27.5 Å². The van der Waals surface area contributed by atoms with Gasteiger partial charge in [0.2, 0.25) is 9.84 Å². The molecule has 2 heterocycles. The first-order valence-corrected chi connectivity index (χ1v) is 11.2. The molecule has 0 saturated carbocycles. The van der Waals surface area contributed by atoms with E-state index >= 15 is 0 Å². The number of rotatable bonds is 6. The third-order valence-corrected chi connectivity index (χ3v) is 6.62. The Morgan fingerprint density at radius 1 is 1.07 bits per heavy atom. The van der Waals surface area contributed by atoms with Crippen LogP contribution in [0.4, 0.5) is 8.78 Å². The van der Waals surface area contributed by atoms with Gasteiger partial charge in [-0.05, 0) is 29.8 Å². The number of nitrogens with zero attached hydrogens (tertiary/aromatic N) is 3. The lowest BCUT2D eigenvalue weighted by atomic mass is 10.2. The van der Waals surface area contributed by atoms with Crippen molar-refractivity contribution in [1.82, 2.24) is 19.7 Å². The Hall–Kier alpha value is -3.05. The highest BCUT2D eigenvalue weighted by atomic mass is 32.2. The predicted molar refractivity (Wildman–Crippen MR) is 109 cm³/mol. The van der Waals surface area contributed by atoms with E-state index in [-0.39, 0.29) is 5.56 Å². The molecule has 0 unspecified atom stereocenters. The van der Waals surface area contributed by atoms with Gasteiger partial charge in [-0.1, -0.05) is 42.1 Å². The van der Waals surface area contributed by atoms with E-state index in [9.17, 15) is 22.0 Å². The molecule has 0 aliphatic heterocycles. The van der Waals surface area contributed by atoms with Gasteiger partial charge in [-0.2, -0.15) is 13.9 Å². The molecule has 30 heavy (non-hydrogen) atoms. The van der Waals surface area contributed by atoms with Gasteiger partial charge in [0.25, 0.3) is 5.56 Å². The molecule has 2 aromatic heterocycles. The van der Waals surface area contributed by atoms with Crippen LogP contribution in [0.15, 0.2) is 75.6 Å². The van der Waals surface area contributed by atoms with Crippen LogP contribution in [0.3, 0.4) is 0 Å². The van der Waals surface area contributed by atoms with Crippen molar-refractivity contribution in [3.05, 3.63) is 76.7 Å². The predicted octanol–water partition coefficient (Wildman–Crippen LogP) is 3.40.